The van der Waals surface area contributed by atoms with Crippen molar-refractivity contribution >= 4 is 28.5 Å². The summed E-state index contributed by atoms with van der Waals surface area (Å²) < 4.78 is 18.0. The number of aliphatic hydroxyl groups is 1. The number of carbonyl (C=O) groups is 2. The van der Waals surface area contributed by atoms with Gasteiger partial charge in [-0.25, -0.2) is 4.79 Å². The molecule has 2 aromatic carbocycles. The smallest absolute Gasteiger partial charge is 0.344 e. The molecule has 2 saturated heterocycles. The second-order valence-corrected chi connectivity index (χ2v) is 17.6. The van der Waals surface area contributed by atoms with Gasteiger partial charge in [-0.2, -0.15) is 0 Å². The van der Waals surface area contributed by atoms with Gasteiger partial charge in [-0.15, -0.1) is 0 Å². The summed E-state index contributed by atoms with van der Waals surface area (Å²) in [5, 5.41) is 14.5. The van der Waals surface area contributed by atoms with Gasteiger partial charge in [0.2, 0.25) is 5.60 Å². The molecule has 0 amide bonds. The van der Waals surface area contributed by atoms with Gasteiger partial charge in [-0.1, -0.05) is 50.6 Å². The van der Waals surface area contributed by atoms with Crippen molar-refractivity contribution in [2.45, 2.75) is 101 Å². The van der Waals surface area contributed by atoms with Gasteiger partial charge < -0.3 is 34.1 Å². The Morgan fingerprint density at radius 1 is 1.05 bits per heavy atom. The number of aromatic nitrogens is 1. The van der Waals surface area contributed by atoms with Crippen LogP contribution in [0.15, 0.2) is 48.6 Å². The van der Waals surface area contributed by atoms with Gasteiger partial charge in [-0.3, -0.25) is 9.69 Å². The zero-order valence-electron chi connectivity index (χ0n) is 33.4. The number of fused-ring (bicyclic) bond motifs is 6. The summed E-state index contributed by atoms with van der Waals surface area (Å²) in [4.78, 5) is 38.4. The fourth-order valence-corrected chi connectivity index (χ4v) is 13.1. The summed E-state index contributed by atoms with van der Waals surface area (Å²) >= 11 is 0. The lowest BCUT2D eigenvalue weighted by Gasteiger charge is -2.63. The number of rotatable bonds is 6. The van der Waals surface area contributed by atoms with Crippen LogP contribution >= 0.6 is 0 Å². The molecule has 3 fully saturated rings. The second-order valence-electron chi connectivity index (χ2n) is 17.6. The number of H-pyrrole nitrogens is 1. The van der Waals surface area contributed by atoms with Crippen molar-refractivity contribution in [3.05, 3.63) is 70.9 Å². The van der Waals surface area contributed by atoms with Crippen LogP contribution in [0.2, 0.25) is 0 Å². The fraction of sp³-hybridized carbons (Fsp3) is 0.600. The summed E-state index contributed by atoms with van der Waals surface area (Å²) in [6, 6.07) is 12.4. The van der Waals surface area contributed by atoms with E-state index in [9.17, 15) is 14.7 Å². The van der Waals surface area contributed by atoms with Crippen LogP contribution in [0, 0.1) is 17.3 Å². The summed E-state index contributed by atoms with van der Waals surface area (Å²) in [5.41, 5.74) is 3.37. The van der Waals surface area contributed by atoms with Gasteiger partial charge >= 0.3 is 11.9 Å². The number of nitrogens with one attached hydrogen (secondary N) is 1. The highest BCUT2D eigenvalue weighted by Gasteiger charge is 2.80. The number of hydrogen-bond donors (Lipinski definition) is 2. The Morgan fingerprint density at radius 3 is 2.62 bits per heavy atom. The summed E-state index contributed by atoms with van der Waals surface area (Å²) in [7, 11) is 5.04. The molecule has 5 aliphatic heterocycles. The van der Waals surface area contributed by atoms with E-state index < -0.39 is 40.5 Å². The standard InChI is InChI=1S/C45H58N4O6/c1-7-28-22-29-14-15-31(38-32(16-20-48(25-28)26-29)30-12-9-10-13-35(30)46-38)33-23-34-36(24-37(33)53-5)47(4)40-44(34)18-21-49-19-11-17-43(8-2,39(44)49)41(55-27(3)50)45(40,52)42(51)54-6/h9-13,17,23-24,28-29,31,39-41,46,52H,7-8,14-16,18-22,25-26H2,1-6H3/t28-,29-,31-,39+,40+,41-,43-,44-,45-/m1/s1. The highest BCUT2D eigenvalue weighted by molar-refractivity contribution is 5.88. The van der Waals surface area contributed by atoms with Crippen molar-refractivity contribution in [1.82, 2.24) is 14.8 Å². The average molecular weight is 751 g/mol. The minimum absolute atomic E-state index is 0.0496. The van der Waals surface area contributed by atoms with Gasteiger partial charge in [0.25, 0.3) is 0 Å². The normalized spacial score (nSPS) is 36.4. The van der Waals surface area contributed by atoms with Crippen LogP contribution in [0.5, 0.6) is 5.75 Å². The molecular weight excluding hydrogens is 693 g/mol. The number of aromatic amines is 1. The Kier molecular flexibility index (Phi) is 8.94. The second kappa shape index (κ2) is 13.4. The number of piperidine rings is 1. The lowest BCUT2D eigenvalue weighted by Crippen LogP contribution is -2.81. The first-order chi connectivity index (χ1) is 26.5. The Balaban J connectivity index is 1.27. The van der Waals surface area contributed by atoms with Crippen LogP contribution in [-0.2, 0) is 30.9 Å². The molecule has 1 saturated carbocycles. The molecule has 55 heavy (non-hydrogen) atoms. The highest BCUT2D eigenvalue weighted by atomic mass is 16.6. The Labute approximate surface area is 325 Å². The van der Waals surface area contributed by atoms with E-state index in [2.05, 4.69) is 82.1 Å². The predicted molar refractivity (Wildman–Crippen MR) is 213 cm³/mol. The Morgan fingerprint density at radius 2 is 1.87 bits per heavy atom. The van der Waals surface area contributed by atoms with Crippen LogP contribution in [0.1, 0.15) is 87.6 Å². The maximum atomic E-state index is 14.3. The van der Waals surface area contributed by atoms with Crippen molar-refractivity contribution in [1.29, 1.82) is 0 Å². The lowest BCUT2D eigenvalue weighted by molar-refractivity contribution is -0.228. The molecule has 10 nitrogen and oxygen atoms in total. The minimum atomic E-state index is -2.16. The van der Waals surface area contributed by atoms with E-state index >= 15 is 0 Å². The van der Waals surface area contributed by atoms with E-state index in [0.29, 0.717) is 12.3 Å². The summed E-state index contributed by atoms with van der Waals surface area (Å²) in [5.74, 6) is 0.909. The zero-order valence-corrected chi connectivity index (χ0v) is 33.4. The first-order valence-electron chi connectivity index (χ1n) is 20.7. The molecule has 1 spiro atoms. The number of likely N-dealkylation sites (N-methyl/N-ethyl adjacent to an activating group) is 1. The summed E-state index contributed by atoms with van der Waals surface area (Å²) in [6.45, 7) is 10.7. The molecular formula is C45H58N4O6. The Bertz CT molecular complexity index is 2040. The third kappa shape index (κ3) is 5.09. The van der Waals surface area contributed by atoms with Crippen molar-refractivity contribution in [2.24, 2.45) is 17.3 Å². The van der Waals surface area contributed by atoms with Crippen LogP contribution in [0.25, 0.3) is 10.9 Å². The molecule has 10 heteroatoms. The third-order valence-corrected chi connectivity index (χ3v) is 15.1. The maximum absolute atomic E-state index is 14.3. The number of carbonyl (C=O) groups excluding carboxylic acids is 2. The number of ether oxygens (including phenoxy) is 3. The molecule has 294 valence electrons. The molecule has 1 aromatic heterocycles. The van der Waals surface area contributed by atoms with E-state index in [-0.39, 0.29) is 12.0 Å². The monoisotopic (exact) mass is 750 g/mol. The van der Waals surface area contributed by atoms with Gasteiger partial charge in [-0.05, 0) is 80.2 Å². The molecule has 3 aromatic rings. The maximum Gasteiger partial charge on any atom is 0.344 e. The molecule has 0 radical (unpaired) electrons. The molecule has 1 aliphatic carbocycles. The minimum Gasteiger partial charge on any atom is -0.496 e. The quantitative estimate of drug-likeness (QED) is 0.234. The van der Waals surface area contributed by atoms with Gasteiger partial charge in [0.1, 0.15) is 5.75 Å². The lowest BCUT2D eigenvalue weighted by atomic mass is 9.47. The summed E-state index contributed by atoms with van der Waals surface area (Å²) in [6.07, 6.45) is 9.98. The van der Waals surface area contributed by atoms with Crippen molar-refractivity contribution in [3.63, 3.8) is 0 Å². The van der Waals surface area contributed by atoms with E-state index in [1.807, 2.05) is 7.05 Å². The Hall–Kier alpha value is -3.86. The molecule has 10 atom stereocenters. The van der Waals surface area contributed by atoms with Crippen molar-refractivity contribution in [2.75, 3.05) is 58.9 Å². The fourth-order valence-electron chi connectivity index (χ4n) is 13.1. The molecule has 9 rings (SSSR count). The molecule has 6 aliphatic rings. The van der Waals surface area contributed by atoms with Crippen LogP contribution in [0.4, 0.5) is 5.69 Å². The van der Waals surface area contributed by atoms with Gasteiger partial charge in [0, 0.05) is 96.9 Å². The topological polar surface area (TPSA) is 108 Å². The number of methoxy groups -OCH3 is 2. The first-order valence-corrected chi connectivity index (χ1v) is 20.7. The number of nitrogens with zero attached hydrogens (tertiary/aromatic N) is 3. The highest BCUT2D eigenvalue weighted by Crippen LogP contribution is 2.68. The van der Waals surface area contributed by atoms with Crippen molar-refractivity contribution in [3.8, 4) is 5.75 Å². The van der Waals surface area contributed by atoms with Gasteiger partial charge in [0.05, 0.1) is 20.3 Å². The van der Waals surface area contributed by atoms with Crippen molar-refractivity contribution < 1.29 is 28.9 Å². The average Bonchev–Trinajstić information content (AvgIpc) is 3.84. The number of hydrogen-bond acceptors (Lipinski definition) is 9. The van der Waals surface area contributed by atoms with Crippen LogP contribution < -0.4 is 9.64 Å². The van der Waals surface area contributed by atoms with E-state index in [1.165, 1.54) is 55.6 Å². The molecule has 6 heterocycles. The molecule has 2 bridgehead atoms. The number of esters is 2. The molecule has 2 N–H and O–H groups in total. The number of para-hydroxylation sites is 1. The third-order valence-electron chi connectivity index (χ3n) is 15.1. The first kappa shape index (κ1) is 36.8. The van der Waals surface area contributed by atoms with E-state index in [4.69, 9.17) is 14.2 Å². The van der Waals surface area contributed by atoms with Crippen LogP contribution in [-0.4, -0.2) is 110 Å². The number of benzene rings is 2. The van der Waals surface area contributed by atoms with Gasteiger partial charge in [0.15, 0.2) is 6.10 Å². The molecule has 1 unspecified atom stereocenters. The van der Waals surface area contributed by atoms with E-state index in [0.717, 1.165) is 80.3 Å². The SMILES string of the molecule is CC[C@@H]1C[C@H]2CC[C@H](c3cc4c(cc3OC)N(C)[C@@H]3[C@](O)(C(=O)OC)[C@H](OC(C)=O)[C@]5(CC)C=CCN6CC[C@]43[C@@H]65)c3[nH]c4ccccc4c3CCN(C1)C2. The van der Waals surface area contributed by atoms with E-state index in [1.54, 1.807) is 7.11 Å². The zero-order chi connectivity index (χ0) is 38.4. The van der Waals surface area contributed by atoms with Crippen LogP contribution in [0.3, 0.4) is 0 Å². The predicted octanol–water partition coefficient (Wildman–Crippen LogP) is 5.94. The number of anilines is 1. The largest absolute Gasteiger partial charge is 0.496 e.